The highest BCUT2D eigenvalue weighted by molar-refractivity contribution is 5.95. The van der Waals surface area contributed by atoms with Crippen LogP contribution in [0.2, 0.25) is 0 Å². The van der Waals surface area contributed by atoms with Gasteiger partial charge in [0, 0.05) is 23.6 Å². The van der Waals surface area contributed by atoms with Gasteiger partial charge in [-0.15, -0.1) is 0 Å². The molecule has 4 nitrogen and oxygen atoms in total. The Morgan fingerprint density at radius 1 is 0.909 bits per heavy atom. The van der Waals surface area contributed by atoms with Gasteiger partial charge in [0.2, 0.25) is 0 Å². The number of para-hydroxylation sites is 1. The molecule has 4 rings (SSSR count). The first-order valence-corrected chi connectivity index (χ1v) is 7.04. The molecular weight excluding hydrogens is 274 g/mol. The van der Waals surface area contributed by atoms with Crippen molar-refractivity contribution in [1.29, 1.82) is 0 Å². The highest BCUT2D eigenvalue weighted by Gasteiger charge is 2.11. The molecule has 0 aliphatic rings. The van der Waals surface area contributed by atoms with Gasteiger partial charge in [-0.25, -0.2) is 0 Å². The van der Waals surface area contributed by atoms with Gasteiger partial charge in [0.05, 0.1) is 11.1 Å². The van der Waals surface area contributed by atoms with Crippen molar-refractivity contribution >= 4 is 10.8 Å². The van der Waals surface area contributed by atoms with Crippen molar-refractivity contribution < 1.29 is 0 Å². The topological polar surface area (TPSA) is 50.7 Å². The summed E-state index contributed by atoms with van der Waals surface area (Å²) < 4.78 is 1.67. The van der Waals surface area contributed by atoms with E-state index in [0.717, 1.165) is 22.3 Å². The van der Waals surface area contributed by atoms with E-state index in [2.05, 4.69) is 10.2 Å². The van der Waals surface area contributed by atoms with E-state index in [4.69, 9.17) is 0 Å². The van der Waals surface area contributed by atoms with E-state index in [9.17, 15) is 4.79 Å². The third-order valence-corrected chi connectivity index (χ3v) is 3.76. The summed E-state index contributed by atoms with van der Waals surface area (Å²) in [6, 6.07) is 19.3. The van der Waals surface area contributed by atoms with E-state index in [-0.39, 0.29) is 5.56 Å². The van der Waals surface area contributed by atoms with Crippen molar-refractivity contribution in [2.45, 2.75) is 0 Å². The van der Waals surface area contributed by atoms with Crippen LogP contribution >= 0.6 is 0 Å². The Labute approximate surface area is 126 Å². The average Bonchev–Trinajstić information content (AvgIpc) is 3.10. The maximum Gasteiger partial charge on any atom is 0.263 e. The molecule has 2 aromatic heterocycles. The first kappa shape index (κ1) is 12.6. The minimum Gasteiger partial charge on any atom is -0.284 e. The van der Waals surface area contributed by atoms with E-state index in [0.29, 0.717) is 5.39 Å². The van der Waals surface area contributed by atoms with Crippen molar-refractivity contribution in [3.8, 4) is 16.9 Å². The molecule has 0 atom stereocenters. The highest BCUT2D eigenvalue weighted by atomic mass is 16.1. The molecule has 0 aliphatic carbocycles. The van der Waals surface area contributed by atoms with Crippen LogP contribution < -0.4 is 5.56 Å². The molecule has 0 fully saturated rings. The van der Waals surface area contributed by atoms with E-state index >= 15 is 0 Å². The zero-order valence-electron chi connectivity index (χ0n) is 11.7. The lowest BCUT2D eigenvalue weighted by Crippen LogP contribution is -2.18. The number of rotatable bonds is 2. The molecule has 1 N–H and O–H groups in total. The maximum atomic E-state index is 13.0. The number of nitrogens with one attached hydrogen (secondary N) is 1. The molecule has 4 aromatic rings. The van der Waals surface area contributed by atoms with Crippen LogP contribution in [0.4, 0.5) is 0 Å². The van der Waals surface area contributed by atoms with Gasteiger partial charge >= 0.3 is 0 Å². The van der Waals surface area contributed by atoms with Crippen molar-refractivity contribution in [3.05, 3.63) is 83.4 Å². The Morgan fingerprint density at radius 3 is 2.55 bits per heavy atom. The van der Waals surface area contributed by atoms with E-state index in [1.807, 2.05) is 66.9 Å². The number of H-pyrrole nitrogens is 1. The van der Waals surface area contributed by atoms with E-state index < -0.39 is 0 Å². The Morgan fingerprint density at radius 2 is 1.77 bits per heavy atom. The summed E-state index contributed by atoms with van der Waals surface area (Å²) in [4.78, 5) is 13.0. The number of pyridine rings is 1. The fourth-order valence-electron chi connectivity index (χ4n) is 2.71. The average molecular weight is 287 g/mol. The summed E-state index contributed by atoms with van der Waals surface area (Å²) in [5.41, 5.74) is 2.53. The zero-order valence-corrected chi connectivity index (χ0v) is 11.7. The lowest BCUT2D eigenvalue weighted by molar-refractivity contribution is 1.01. The molecule has 0 saturated carbocycles. The molecular formula is C18H13N3O. The SMILES string of the molecule is O=c1c2c(-c3ccn[nH]3)cccc2ccn1-c1ccccc1. The summed E-state index contributed by atoms with van der Waals surface area (Å²) in [6.45, 7) is 0. The predicted molar refractivity (Wildman–Crippen MR) is 87.1 cm³/mol. The van der Waals surface area contributed by atoms with Crippen LogP contribution in [0.5, 0.6) is 0 Å². The van der Waals surface area contributed by atoms with Crippen molar-refractivity contribution in [1.82, 2.24) is 14.8 Å². The van der Waals surface area contributed by atoms with Crippen molar-refractivity contribution in [3.63, 3.8) is 0 Å². The standard InChI is InChI=1S/C18H13N3O/c22-18-17-13(5-4-8-15(17)16-9-11-19-20-16)10-12-21(18)14-6-2-1-3-7-14/h1-12H,(H,19,20). The molecule has 0 radical (unpaired) electrons. The molecule has 2 aromatic carbocycles. The van der Waals surface area contributed by atoms with Gasteiger partial charge in [0.25, 0.3) is 5.56 Å². The van der Waals surface area contributed by atoms with Crippen molar-refractivity contribution in [2.75, 3.05) is 0 Å². The molecule has 0 saturated heterocycles. The molecule has 4 heteroatoms. The van der Waals surface area contributed by atoms with Gasteiger partial charge in [0.1, 0.15) is 0 Å². The van der Waals surface area contributed by atoms with Gasteiger partial charge in [-0.2, -0.15) is 5.10 Å². The summed E-state index contributed by atoms with van der Waals surface area (Å²) in [5.74, 6) is 0. The van der Waals surface area contributed by atoms with E-state index in [1.165, 1.54) is 0 Å². The largest absolute Gasteiger partial charge is 0.284 e. The summed E-state index contributed by atoms with van der Waals surface area (Å²) in [7, 11) is 0. The zero-order chi connectivity index (χ0) is 14.9. The van der Waals surface area contributed by atoms with Gasteiger partial charge in [-0.3, -0.25) is 14.5 Å². The number of hydrogen-bond donors (Lipinski definition) is 1. The molecule has 0 bridgehead atoms. The summed E-state index contributed by atoms with van der Waals surface area (Å²) >= 11 is 0. The third kappa shape index (κ3) is 1.93. The van der Waals surface area contributed by atoms with Crippen molar-refractivity contribution in [2.24, 2.45) is 0 Å². The van der Waals surface area contributed by atoms with Gasteiger partial charge < -0.3 is 0 Å². The first-order chi connectivity index (χ1) is 10.8. The second kappa shape index (κ2) is 5.00. The highest BCUT2D eigenvalue weighted by Crippen LogP contribution is 2.24. The van der Waals surface area contributed by atoms with Crippen LogP contribution in [0.1, 0.15) is 0 Å². The lowest BCUT2D eigenvalue weighted by atomic mass is 10.0. The number of aromatic nitrogens is 3. The Balaban J connectivity index is 2.07. The summed E-state index contributed by atoms with van der Waals surface area (Å²) in [5, 5.41) is 8.53. The number of aromatic amines is 1. The third-order valence-electron chi connectivity index (χ3n) is 3.76. The maximum absolute atomic E-state index is 13.0. The number of hydrogen-bond acceptors (Lipinski definition) is 2. The van der Waals surface area contributed by atoms with E-state index in [1.54, 1.807) is 10.8 Å². The molecule has 0 aliphatic heterocycles. The molecule has 0 spiro atoms. The molecule has 0 amide bonds. The van der Waals surface area contributed by atoms with Gasteiger partial charge in [0.15, 0.2) is 0 Å². The quantitative estimate of drug-likeness (QED) is 0.614. The predicted octanol–water partition coefficient (Wildman–Crippen LogP) is 3.38. The van der Waals surface area contributed by atoms with Gasteiger partial charge in [-0.05, 0) is 29.7 Å². The second-order valence-corrected chi connectivity index (χ2v) is 5.07. The number of fused-ring (bicyclic) bond motifs is 1. The number of benzene rings is 2. The van der Waals surface area contributed by atoms with Crippen LogP contribution in [0.25, 0.3) is 27.7 Å². The normalized spacial score (nSPS) is 10.9. The lowest BCUT2D eigenvalue weighted by Gasteiger charge is -2.09. The fraction of sp³-hybridized carbons (Fsp3) is 0. The molecule has 106 valence electrons. The van der Waals surface area contributed by atoms with Gasteiger partial charge in [-0.1, -0.05) is 36.4 Å². The fourth-order valence-corrected chi connectivity index (χ4v) is 2.71. The molecule has 2 heterocycles. The smallest absolute Gasteiger partial charge is 0.263 e. The first-order valence-electron chi connectivity index (χ1n) is 7.04. The summed E-state index contributed by atoms with van der Waals surface area (Å²) in [6.07, 6.45) is 3.50. The molecule has 22 heavy (non-hydrogen) atoms. The Bertz CT molecular complexity index is 986. The van der Waals surface area contributed by atoms with Crippen LogP contribution in [-0.4, -0.2) is 14.8 Å². The molecule has 0 unspecified atom stereocenters. The minimum absolute atomic E-state index is 0.0334. The number of nitrogens with zero attached hydrogens (tertiary/aromatic N) is 2. The Hall–Kier alpha value is -3.14. The second-order valence-electron chi connectivity index (χ2n) is 5.07. The van der Waals surface area contributed by atoms with Crippen LogP contribution in [-0.2, 0) is 0 Å². The van der Waals surface area contributed by atoms with Crippen LogP contribution in [0, 0.1) is 0 Å². The Kier molecular flexibility index (Phi) is 2.86. The van der Waals surface area contributed by atoms with Crippen LogP contribution in [0.15, 0.2) is 77.9 Å². The van der Waals surface area contributed by atoms with Crippen LogP contribution in [0.3, 0.4) is 0 Å². The minimum atomic E-state index is -0.0334. The monoisotopic (exact) mass is 287 g/mol.